The van der Waals surface area contributed by atoms with E-state index in [-0.39, 0.29) is 17.5 Å². The summed E-state index contributed by atoms with van der Waals surface area (Å²) in [5, 5.41) is 0. The highest BCUT2D eigenvalue weighted by molar-refractivity contribution is 6.00. The lowest BCUT2D eigenvalue weighted by Crippen LogP contribution is -2.11. The van der Waals surface area contributed by atoms with Gasteiger partial charge in [-0.2, -0.15) is 0 Å². The summed E-state index contributed by atoms with van der Waals surface area (Å²) in [4.78, 5) is 29.1. The zero-order chi connectivity index (χ0) is 30.5. The summed E-state index contributed by atoms with van der Waals surface area (Å²) in [6, 6.07) is 7.45. The summed E-state index contributed by atoms with van der Waals surface area (Å²) < 4.78 is 17.6. The van der Waals surface area contributed by atoms with Gasteiger partial charge >= 0.3 is 0 Å². The molecule has 0 heterocycles. The molecule has 0 fully saturated rings. The van der Waals surface area contributed by atoms with Gasteiger partial charge in [-0.3, -0.25) is 14.6 Å². The normalized spacial score (nSPS) is 12.0. The number of aryl methyl sites for hydroxylation is 2. The number of carbonyl (C=O) groups excluding carboxylic acids is 2. The minimum absolute atomic E-state index is 0.000206. The second-order valence-electron chi connectivity index (χ2n) is 11.0. The van der Waals surface area contributed by atoms with Crippen molar-refractivity contribution in [2.24, 2.45) is 16.8 Å². The maximum absolute atomic E-state index is 12.5. The first-order chi connectivity index (χ1) is 19.5. The first-order valence-electron chi connectivity index (χ1n) is 14.9. The number of rotatable bonds is 18. The third kappa shape index (κ3) is 10.2. The van der Waals surface area contributed by atoms with Crippen LogP contribution in [0.4, 0.5) is 5.69 Å². The van der Waals surface area contributed by atoms with Gasteiger partial charge in [-0.1, -0.05) is 39.8 Å². The molecule has 0 amide bonds. The number of methoxy groups -OCH3 is 1. The van der Waals surface area contributed by atoms with Crippen molar-refractivity contribution in [3.05, 3.63) is 58.7 Å². The molecule has 0 aromatic heterocycles. The predicted molar refractivity (Wildman–Crippen MR) is 169 cm³/mol. The zero-order valence-corrected chi connectivity index (χ0v) is 26.4. The van der Waals surface area contributed by atoms with Gasteiger partial charge in [-0.15, -0.1) is 0 Å². The fourth-order valence-electron chi connectivity index (χ4n) is 4.59. The molecule has 1 atom stereocenters. The molecular weight excluding hydrogens is 514 g/mol. The van der Waals surface area contributed by atoms with E-state index < -0.39 is 0 Å². The van der Waals surface area contributed by atoms with E-state index in [2.05, 4.69) is 34.3 Å². The van der Waals surface area contributed by atoms with Gasteiger partial charge in [0.15, 0.2) is 23.1 Å². The van der Waals surface area contributed by atoms with E-state index in [1.54, 1.807) is 27.0 Å². The van der Waals surface area contributed by atoms with Crippen LogP contribution < -0.4 is 14.2 Å². The zero-order valence-electron chi connectivity index (χ0n) is 26.4. The minimum Gasteiger partial charge on any atom is -0.493 e. The molecule has 0 aliphatic carbocycles. The number of Topliss-reactive ketones (excluding diaryl/α,β-unsaturated/α-hetero) is 2. The fraction of sp³-hybridized carbons (Fsp3) is 0.514. The molecule has 0 aliphatic heterocycles. The van der Waals surface area contributed by atoms with Crippen molar-refractivity contribution in [3.8, 4) is 17.2 Å². The first-order valence-corrected chi connectivity index (χ1v) is 14.9. The number of hydrogen-bond acceptors (Lipinski definition) is 6. The molecule has 0 saturated heterocycles. The number of ketones is 2. The van der Waals surface area contributed by atoms with Crippen LogP contribution in [0.25, 0.3) is 0 Å². The van der Waals surface area contributed by atoms with E-state index in [0.717, 1.165) is 55.4 Å². The Balaban J connectivity index is 2.01. The highest BCUT2D eigenvalue weighted by Gasteiger charge is 2.16. The van der Waals surface area contributed by atoms with Crippen LogP contribution in [0, 0.1) is 18.8 Å². The summed E-state index contributed by atoms with van der Waals surface area (Å²) in [5.74, 6) is 2.69. The Morgan fingerprint density at radius 2 is 1.54 bits per heavy atom. The smallest absolute Gasteiger partial charge is 0.161 e. The van der Waals surface area contributed by atoms with E-state index >= 15 is 0 Å². The third-order valence-electron chi connectivity index (χ3n) is 7.42. The predicted octanol–water partition coefficient (Wildman–Crippen LogP) is 8.93. The van der Waals surface area contributed by atoms with Crippen LogP contribution in [0.5, 0.6) is 17.2 Å². The van der Waals surface area contributed by atoms with Crippen molar-refractivity contribution in [2.75, 3.05) is 20.3 Å². The van der Waals surface area contributed by atoms with Gasteiger partial charge < -0.3 is 14.2 Å². The number of nitrogens with zero attached hydrogens (tertiary/aromatic N) is 1. The Morgan fingerprint density at radius 1 is 0.902 bits per heavy atom. The highest BCUT2D eigenvalue weighted by Crippen LogP contribution is 2.33. The average Bonchev–Trinajstić information content (AvgIpc) is 2.93. The largest absolute Gasteiger partial charge is 0.493 e. The van der Waals surface area contributed by atoms with Crippen molar-refractivity contribution in [1.29, 1.82) is 0 Å². The molecule has 0 saturated carbocycles. The SMILES string of the molecule is C=C(CC)CC(C=Nc1cc(OCCCCCOc2cc(C)c(C(C)=O)cc2OC)c(CC)cc1C(C)=O)C(C)C. The standard InChI is InChI=1S/C35H49NO5/c1-10-24(5)17-29(23(3)4)22-36-32-21-33(28(11-2)19-31(32)27(8)38)40-15-13-12-14-16-41-35-18-25(6)30(26(7)37)20-34(35)39-9/h18-23,29H,5,10-17H2,1-4,6-9H3. The molecule has 224 valence electrons. The molecule has 2 rings (SSSR count). The van der Waals surface area contributed by atoms with E-state index in [9.17, 15) is 9.59 Å². The molecule has 6 heteroatoms. The molecule has 0 aliphatic rings. The second-order valence-corrected chi connectivity index (χ2v) is 11.0. The molecular formula is C35H49NO5. The van der Waals surface area contributed by atoms with Gasteiger partial charge in [0, 0.05) is 29.3 Å². The highest BCUT2D eigenvalue weighted by atomic mass is 16.5. The number of unbranched alkanes of at least 4 members (excludes halogenated alkanes) is 2. The second kappa shape index (κ2) is 16.8. The molecule has 2 aromatic carbocycles. The lowest BCUT2D eigenvalue weighted by Gasteiger charge is -2.18. The topological polar surface area (TPSA) is 74.2 Å². The lowest BCUT2D eigenvalue weighted by atomic mass is 9.90. The van der Waals surface area contributed by atoms with E-state index in [1.807, 2.05) is 31.3 Å². The number of allylic oxidation sites excluding steroid dienone is 1. The summed E-state index contributed by atoms with van der Waals surface area (Å²) in [7, 11) is 1.58. The van der Waals surface area contributed by atoms with Crippen LogP contribution in [0.1, 0.15) is 105 Å². The number of carbonyl (C=O) groups is 2. The Bertz CT molecular complexity index is 1230. The molecule has 0 N–H and O–H groups in total. The van der Waals surface area contributed by atoms with Crippen molar-refractivity contribution in [3.63, 3.8) is 0 Å². The Hall–Kier alpha value is -3.41. The molecule has 6 nitrogen and oxygen atoms in total. The Morgan fingerprint density at radius 3 is 2.07 bits per heavy atom. The van der Waals surface area contributed by atoms with Gasteiger partial charge in [-0.05, 0) is 94.5 Å². The minimum atomic E-state index is 0.000206. The van der Waals surface area contributed by atoms with Gasteiger partial charge in [0.1, 0.15) is 5.75 Å². The Labute approximate surface area is 247 Å². The third-order valence-corrected chi connectivity index (χ3v) is 7.42. The molecule has 0 spiro atoms. The lowest BCUT2D eigenvalue weighted by molar-refractivity contribution is 0.100. The van der Waals surface area contributed by atoms with Gasteiger partial charge in [-0.25, -0.2) is 0 Å². The Kier molecular flexibility index (Phi) is 13.8. The maximum Gasteiger partial charge on any atom is 0.161 e. The summed E-state index contributed by atoms with van der Waals surface area (Å²) in [6.45, 7) is 18.9. The average molecular weight is 564 g/mol. The van der Waals surface area contributed by atoms with Gasteiger partial charge in [0.05, 0.1) is 26.0 Å². The van der Waals surface area contributed by atoms with Crippen LogP contribution in [0.15, 0.2) is 41.4 Å². The number of ether oxygens (including phenoxy) is 3. The quantitative estimate of drug-likeness (QED) is 0.0783. The summed E-state index contributed by atoms with van der Waals surface area (Å²) in [6.07, 6.45) is 7.25. The molecule has 2 aromatic rings. The summed E-state index contributed by atoms with van der Waals surface area (Å²) >= 11 is 0. The monoisotopic (exact) mass is 563 g/mol. The van der Waals surface area contributed by atoms with E-state index in [1.165, 1.54) is 5.57 Å². The van der Waals surface area contributed by atoms with Gasteiger partial charge in [0.25, 0.3) is 0 Å². The number of aliphatic imine (C=N–C) groups is 1. The van der Waals surface area contributed by atoms with Crippen molar-refractivity contribution in [1.82, 2.24) is 0 Å². The summed E-state index contributed by atoms with van der Waals surface area (Å²) in [5.41, 5.74) is 5.02. The van der Waals surface area contributed by atoms with Crippen LogP contribution in [0.3, 0.4) is 0 Å². The van der Waals surface area contributed by atoms with Crippen molar-refractivity contribution >= 4 is 23.5 Å². The van der Waals surface area contributed by atoms with Crippen molar-refractivity contribution in [2.45, 2.75) is 87.0 Å². The van der Waals surface area contributed by atoms with E-state index in [0.29, 0.717) is 47.4 Å². The molecule has 0 radical (unpaired) electrons. The number of hydrogen-bond donors (Lipinski definition) is 0. The van der Waals surface area contributed by atoms with Crippen molar-refractivity contribution < 1.29 is 23.8 Å². The van der Waals surface area contributed by atoms with Crippen LogP contribution in [-0.2, 0) is 6.42 Å². The first kappa shape index (κ1) is 33.8. The van der Waals surface area contributed by atoms with Crippen LogP contribution in [0.2, 0.25) is 0 Å². The van der Waals surface area contributed by atoms with Crippen LogP contribution >= 0.6 is 0 Å². The van der Waals surface area contributed by atoms with Gasteiger partial charge in [0.2, 0.25) is 0 Å². The maximum atomic E-state index is 12.5. The fourth-order valence-corrected chi connectivity index (χ4v) is 4.59. The molecule has 41 heavy (non-hydrogen) atoms. The molecule has 0 bridgehead atoms. The number of benzene rings is 2. The van der Waals surface area contributed by atoms with Crippen LogP contribution in [-0.4, -0.2) is 38.1 Å². The van der Waals surface area contributed by atoms with E-state index in [4.69, 9.17) is 19.2 Å². The molecule has 1 unspecified atom stereocenters.